The van der Waals surface area contributed by atoms with Gasteiger partial charge in [-0.1, -0.05) is 47.5 Å². The minimum absolute atomic E-state index is 0.0605. The Labute approximate surface area is 165 Å². The number of aryl methyl sites for hydroxylation is 4. The highest BCUT2D eigenvalue weighted by atomic mass is 16.1. The Morgan fingerprint density at radius 3 is 2.39 bits per heavy atom. The Kier molecular flexibility index (Phi) is 6.04. The number of rotatable bonds is 6. The molecule has 5 nitrogen and oxygen atoms in total. The van der Waals surface area contributed by atoms with E-state index in [-0.39, 0.29) is 11.5 Å². The lowest BCUT2D eigenvalue weighted by Gasteiger charge is -2.10. The van der Waals surface area contributed by atoms with Gasteiger partial charge in [0.2, 0.25) is 5.91 Å². The molecule has 144 valence electrons. The summed E-state index contributed by atoms with van der Waals surface area (Å²) in [6, 6.07) is 17.2. The Morgan fingerprint density at radius 2 is 1.68 bits per heavy atom. The standard InChI is InChI=1S/C23H25N3O2/c1-16-6-9-19(10-7-16)21-12-13-23(28)26(25-21)14-4-5-22(27)24-20-11-8-17(2)15-18(20)3/h6-13,15H,4-5,14H2,1-3H3,(H,24,27). The average molecular weight is 375 g/mol. The van der Waals surface area contributed by atoms with Gasteiger partial charge in [0.1, 0.15) is 0 Å². The van der Waals surface area contributed by atoms with Crippen LogP contribution in [0.25, 0.3) is 11.3 Å². The molecule has 2 aromatic carbocycles. The van der Waals surface area contributed by atoms with Crippen molar-refractivity contribution in [3.05, 3.63) is 81.6 Å². The van der Waals surface area contributed by atoms with Crippen LogP contribution < -0.4 is 10.9 Å². The molecule has 1 heterocycles. The number of carbonyl (C=O) groups excluding carboxylic acids is 1. The smallest absolute Gasteiger partial charge is 0.266 e. The quantitative estimate of drug-likeness (QED) is 0.700. The topological polar surface area (TPSA) is 64.0 Å². The van der Waals surface area contributed by atoms with Crippen LogP contribution >= 0.6 is 0 Å². The largest absolute Gasteiger partial charge is 0.326 e. The third kappa shape index (κ3) is 4.94. The van der Waals surface area contributed by atoms with Gasteiger partial charge >= 0.3 is 0 Å². The summed E-state index contributed by atoms with van der Waals surface area (Å²) in [5.74, 6) is -0.0605. The van der Waals surface area contributed by atoms with E-state index in [1.165, 1.54) is 16.3 Å². The molecule has 0 radical (unpaired) electrons. The molecule has 0 fully saturated rings. The maximum atomic E-state index is 12.2. The molecule has 1 amide bonds. The monoisotopic (exact) mass is 375 g/mol. The lowest BCUT2D eigenvalue weighted by Crippen LogP contribution is -2.23. The molecule has 0 spiro atoms. The van der Waals surface area contributed by atoms with E-state index < -0.39 is 0 Å². The number of amides is 1. The van der Waals surface area contributed by atoms with E-state index >= 15 is 0 Å². The van der Waals surface area contributed by atoms with Crippen molar-refractivity contribution < 1.29 is 4.79 Å². The summed E-state index contributed by atoms with van der Waals surface area (Å²) < 4.78 is 1.43. The normalized spacial score (nSPS) is 10.7. The second kappa shape index (κ2) is 8.65. The molecule has 0 atom stereocenters. The molecule has 1 aromatic heterocycles. The number of aromatic nitrogens is 2. The minimum atomic E-state index is -0.161. The van der Waals surface area contributed by atoms with Crippen molar-refractivity contribution in [3.8, 4) is 11.3 Å². The van der Waals surface area contributed by atoms with Gasteiger partial charge in [0.15, 0.2) is 0 Å². The minimum Gasteiger partial charge on any atom is -0.326 e. The molecule has 0 saturated carbocycles. The Morgan fingerprint density at radius 1 is 0.964 bits per heavy atom. The van der Waals surface area contributed by atoms with E-state index in [0.29, 0.717) is 19.4 Å². The zero-order valence-corrected chi connectivity index (χ0v) is 16.5. The molecular weight excluding hydrogens is 350 g/mol. The predicted octanol–water partition coefficient (Wildman–Crippen LogP) is 4.25. The first-order valence-corrected chi connectivity index (χ1v) is 9.45. The molecule has 3 rings (SSSR count). The van der Waals surface area contributed by atoms with Crippen LogP contribution in [0.4, 0.5) is 5.69 Å². The van der Waals surface area contributed by atoms with Crippen molar-refractivity contribution in [2.24, 2.45) is 0 Å². The Balaban J connectivity index is 1.61. The fraction of sp³-hybridized carbons (Fsp3) is 0.261. The van der Waals surface area contributed by atoms with E-state index in [1.807, 2.05) is 63.2 Å². The third-order valence-electron chi connectivity index (χ3n) is 4.64. The first-order chi connectivity index (χ1) is 13.4. The van der Waals surface area contributed by atoms with Gasteiger partial charge < -0.3 is 5.32 Å². The molecular formula is C23H25N3O2. The summed E-state index contributed by atoms with van der Waals surface area (Å²) in [6.07, 6.45) is 0.872. The van der Waals surface area contributed by atoms with Crippen molar-refractivity contribution in [3.63, 3.8) is 0 Å². The van der Waals surface area contributed by atoms with Crippen molar-refractivity contribution >= 4 is 11.6 Å². The van der Waals surface area contributed by atoms with Gasteiger partial charge in [0.05, 0.1) is 5.69 Å². The fourth-order valence-electron chi connectivity index (χ4n) is 3.04. The van der Waals surface area contributed by atoms with Gasteiger partial charge in [-0.25, -0.2) is 4.68 Å². The lowest BCUT2D eigenvalue weighted by atomic mass is 10.1. The van der Waals surface area contributed by atoms with Crippen LogP contribution in [0.2, 0.25) is 0 Å². The van der Waals surface area contributed by atoms with Crippen LogP contribution in [0.1, 0.15) is 29.5 Å². The van der Waals surface area contributed by atoms with E-state index in [9.17, 15) is 9.59 Å². The highest BCUT2D eigenvalue weighted by molar-refractivity contribution is 5.91. The first kappa shape index (κ1) is 19.5. The highest BCUT2D eigenvalue weighted by Crippen LogP contribution is 2.17. The van der Waals surface area contributed by atoms with Crippen molar-refractivity contribution in [1.29, 1.82) is 0 Å². The number of carbonyl (C=O) groups is 1. The zero-order valence-electron chi connectivity index (χ0n) is 16.5. The van der Waals surface area contributed by atoms with Gasteiger partial charge in [0, 0.05) is 30.3 Å². The Hall–Kier alpha value is -3.21. The maximum Gasteiger partial charge on any atom is 0.266 e. The van der Waals surface area contributed by atoms with Crippen molar-refractivity contribution in [2.45, 2.75) is 40.2 Å². The molecule has 5 heteroatoms. The molecule has 0 aliphatic rings. The van der Waals surface area contributed by atoms with Gasteiger partial charge in [-0.15, -0.1) is 0 Å². The first-order valence-electron chi connectivity index (χ1n) is 9.45. The van der Waals surface area contributed by atoms with Gasteiger partial charge in [-0.05, 0) is 44.9 Å². The maximum absolute atomic E-state index is 12.2. The van der Waals surface area contributed by atoms with E-state index in [4.69, 9.17) is 0 Å². The number of nitrogens with one attached hydrogen (secondary N) is 1. The van der Waals surface area contributed by atoms with Crippen molar-refractivity contribution in [2.75, 3.05) is 5.32 Å². The van der Waals surface area contributed by atoms with Gasteiger partial charge in [-0.2, -0.15) is 5.10 Å². The summed E-state index contributed by atoms with van der Waals surface area (Å²) >= 11 is 0. The number of hydrogen-bond acceptors (Lipinski definition) is 3. The average Bonchev–Trinajstić information content (AvgIpc) is 2.66. The number of anilines is 1. The van der Waals surface area contributed by atoms with Crippen molar-refractivity contribution in [1.82, 2.24) is 9.78 Å². The summed E-state index contributed by atoms with van der Waals surface area (Å²) in [7, 11) is 0. The van der Waals surface area contributed by atoms with Crippen LogP contribution in [-0.4, -0.2) is 15.7 Å². The lowest BCUT2D eigenvalue weighted by molar-refractivity contribution is -0.116. The molecule has 1 N–H and O–H groups in total. The molecule has 28 heavy (non-hydrogen) atoms. The van der Waals surface area contributed by atoms with Crippen LogP contribution in [0.15, 0.2) is 59.4 Å². The van der Waals surface area contributed by atoms with Gasteiger partial charge in [-0.3, -0.25) is 9.59 Å². The molecule has 0 unspecified atom stereocenters. The second-order valence-corrected chi connectivity index (χ2v) is 7.12. The van der Waals surface area contributed by atoms with E-state index in [0.717, 1.165) is 28.1 Å². The molecule has 3 aromatic rings. The summed E-state index contributed by atoms with van der Waals surface area (Å²) in [6.45, 7) is 6.43. The zero-order chi connectivity index (χ0) is 20.1. The summed E-state index contributed by atoms with van der Waals surface area (Å²) in [4.78, 5) is 24.3. The molecule has 0 saturated heterocycles. The molecule has 0 aliphatic carbocycles. The van der Waals surface area contributed by atoms with Crippen LogP contribution in [0.3, 0.4) is 0 Å². The number of hydrogen-bond donors (Lipinski definition) is 1. The third-order valence-corrected chi connectivity index (χ3v) is 4.64. The van der Waals surface area contributed by atoms with Crippen LogP contribution in [0.5, 0.6) is 0 Å². The highest BCUT2D eigenvalue weighted by Gasteiger charge is 2.07. The van der Waals surface area contributed by atoms with Crippen LogP contribution in [0, 0.1) is 20.8 Å². The van der Waals surface area contributed by atoms with Gasteiger partial charge in [0.25, 0.3) is 5.56 Å². The second-order valence-electron chi connectivity index (χ2n) is 7.12. The summed E-state index contributed by atoms with van der Waals surface area (Å²) in [5.41, 5.74) is 5.75. The molecule has 0 aliphatic heterocycles. The van der Waals surface area contributed by atoms with E-state index in [1.54, 1.807) is 6.07 Å². The fourth-order valence-corrected chi connectivity index (χ4v) is 3.04. The number of benzene rings is 2. The summed E-state index contributed by atoms with van der Waals surface area (Å²) in [5, 5.41) is 7.38. The SMILES string of the molecule is Cc1ccc(-c2ccc(=O)n(CCCC(=O)Nc3ccc(C)cc3C)n2)cc1. The Bertz CT molecular complexity index is 1040. The number of nitrogens with zero attached hydrogens (tertiary/aromatic N) is 2. The van der Waals surface area contributed by atoms with E-state index in [2.05, 4.69) is 10.4 Å². The van der Waals surface area contributed by atoms with Crippen LogP contribution in [-0.2, 0) is 11.3 Å². The molecule has 0 bridgehead atoms. The predicted molar refractivity (Wildman–Crippen MR) is 112 cm³/mol.